The van der Waals surface area contributed by atoms with Crippen LogP contribution in [0.15, 0.2) is 42.7 Å². The number of aliphatic hydroxyl groups is 1. The van der Waals surface area contributed by atoms with E-state index in [-0.39, 0.29) is 18.3 Å². The Morgan fingerprint density at radius 1 is 1.26 bits per heavy atom. The van der Waals surface area contributed by atoms with Gasteiger partial charge in [-0.15, -0.1) is 0 Å². The molecule has 7 heteroatoms. The van der Waals surface area contributed by atoms with E-state index in [2.05, 4.69) is 15.3 Å². The molecule has 0 spiro atoms. The van der Waals surface area contributed by atoms with Crippen molar-refractivity contribution in [1.29, 1.82) is 0 Å². The van der Waals surface area contributed by atoms with Gasteiger partial charge in [0.25, 0.3) is 5.91 Å². The third kappa shape index (κ3) is 3.45. The highest BCUT2D eigenvalue weighted by Gasteiger charge is 2.30. The van der Waals surface area contributed by atoms with Gasteiger partial charge in [0.15, 0.2) is 11.6 Å². The molecule has 0 saturated carbocycles. The van der Waals surface area contributed by atoms with Crippen molar-refractivity contribution in [1.82, 2.24) is 15.3 Å². The van der Waals surface area contributed by atoms with E-state index in [1.54, 1.807) is 23.1 Å². The Hall–Kier alpha value is -2.54. The number of nitrogens with one attached hydrogen (secondary N) is 1. The Morgan fingerprint density at radius 2 is 2.09 bits per heavy atom. The van der Waals surface area contributed by atoms with Crippen LogP contribution in [0.25, 0.3) is 0 Å². The molecule has 0 aliphatic carbocycles. The van der Waals surface area contributed by atoms with E-state index < -0.39 is 18.0 Å². The normalized spacial score (nSPS) is 21.0. The van der Waals surface area contributed by atoms with Gasteiger partial charge in [-0.05, 0) is 30.7 Å². The lowest BCUT2D eigenvalue weighted by Crippen LogP contribution is -2.54. The van der Waals surface area contributed by atoms with E-state index in [4.69, 9.17) is 0 Å². The van der Waals surface area contributed by atoms with Crippen LogP contribution in [0.5, 0.6) is 0 Å². The lowest BCUT2D eigenvalue weighted by molar-refractivity contribution is 0.0792. The van der Waals surface area contributed by atoms with Crippen molar-refractivity contribution in [2.45, 2.75) is 18.6 Å². The number of piperidine rings is 1. The Kier molecular flexibility index (Phi) is 4.47. The van der Waals surface area contributed by atoms with E-state index in [1.807, 2.05) is 0 Å². The van der Waals surface area contributed by atoms with Crippen molar-refractivity contribution >= 4 is 11.7 Å². The Balaban J connectivity index is 1.63. The van der Waals surface area contributed by atoms with Gasteiger partial charge in [-0.2, -0.15) is 0 Å². The third-order valence-corrected chi connectivity index (χ3v) is 3.83. The Bertz CT molecular complexity index is 683. The number of hydrogen-bond acceptors (Lipinski definition) is 5. The Labute approximate surface area is 133 Å². The van der Waals surface area contributed by atoms with E-state index in [0.717, 1.165) is 0 Å². The van der Waals surface area contributed by atoms with Gasteiger partial charge in [0.1, 0.15) is 5.69 Å². The minimum absolute atomic E-state index is 0.209. The number of amides is 1. The molecule has 0 aromatic carbocycles. The maximum atomic E-state index is 13.8. The molecule has 2 atom stereocenters. The molecule has 3 rings (SSSR count). The fraction of sp³-hybridized carbons (Fsp3) is 0.312. The van der Waals surface area contributed by atoms with Gasteiger partial charge in [-0.3, -0.25) is 9.78 Å². The number of carbonyl (C=O) groups is 1. The van der Waals surface area contributed by atoms with Crippen LogP contribution in [0.2, 0.25) is 0 Å². The van der Waals surface area contributed by atoms with Crippen LogP contribution in [0.3, 0.4) is 0 Å². The van der Waals surface area contributed by atoms with Crippen molar-refractivity contribution in [3.05, 3.63) is 54.2 Å². The zero-order chi connectivity index (χ0) is 16.2. The number of β-amino-alcohol motifs (C(OH)–C–C–N with tert-alkyl or cyclic N) is 1. The van der Waals surface area contributed by atoms with E-state index in [0.29, 0.717) is 18.7 Å². The summed E-state index contributed by atoms with van der Waals surface area (Å²) in [6, 6.07) is 7.53. The molecule has 1 aliphatic rings. The van der Waals surface area contributed by atoms with Gasteiger partial charge in [-0.1, -0.05) is 6.07 Å². The van der Waals surface area contributed by atoms with E-state index >= 15 is 0 Å². The highest BCUT2D eigenvalue weighted by molar-refractivity contribution is 5.92. The number of anilines is 1. The quantitative estimate of drug-likeness (QED) is 0.883. The molecular formula is C16H17FN4O2. The summed E-state index contributed by atoms with van der Waals surface area (Å²) >= 11 is 0. The summed E-state index contributed by atoms with van der Waals surface area (Å²) in [6.45, 7) is 0.708. The first-order valence-electron chi connectivity index (χ1n) is 7.40. The molecule has 0 bridgehead atoms. The van der Waals surface area contributed by atoms with Gasteiger partial charge < -0.3 is 15.3 Å². The van der Waals surface area contributed by atoms with Crippen LogP contribution in [-0.4, -0.2) is 46.2 Å². The average Bonchev–Trinajstić information content (AvgIpc) is 2.58. The highest BCUT2D eigenvalue weighted by Crippen LogP contribution is 2.21. The molecule has 1 saturated heterocycles. The van der Waals surface area contributed by atoms with Gasteiger partial charge in [0.2, 0.25) is 0 Å². The summed E-state index contributed by atoms with van der Waals surface area (Å²) in [7, 11) is 0. The van der Waals surface area contributed by atoms with Gasteiger partial charge in [0, 0.05) is 25.5 Å². The molecular weight excluding hydrogens is 299 g/mol. The van der Waals surface area contributed by atoms with Crippen LogP contribution < -0.4 is 10.2 Å². The van der Waals surface area contributed by atoms with Crippen LogP contribution in [-0.2, 0) is 0 Å². The second-order valence-corrected chi connectivity index (χ2v) is 5.41. The van der Waals surface area contributed by atoms with Crippen molar-refractivity contribution in [3.63, 3.8) is 0 Å². The minimum Gasteiger partial charge on any atom is -0.389 e. The number of carbonyl (C=O) groups excluding carboxylic acids is 1. The van der Waals surface area contributed by atoms with E-state index in [1.165, 1.54) is 24.5 Å². The summed E-state index contributed by atoms with van der Waals surface area (Å²) in [6.07, 6.45) is 2.74. The number of pyridine rings is 2. The zero-order valence-corrected chi connectivity index (χ0v) is 12.4. The summed E-state index contributed by atoms with van der Waals surface area (Å²) in [4.78, 5) is 21.8. The van der Waals surface area contributed by atoms with Gasteiger partial charge in [0.05, 0.1) is 12.1 Å². The molecule has 3 heterocycles. The maximum absolute atomic E-state index is 13.8. The largest absolute Gasteiger partial charge is 0.389 e. The van der Waals surface area contributed by atoms with Crippen molar-refractivity contribution < 1.29 is 14.3 Å². The molecule has 2 aromatic rings. The minimum atomic E-state index is -0.808. The van der Waals surface area contributed by atoms with Gasteiger partial charge in [-0.25, -0.2) is 9.37 Å². The van der Waals surface area contributed by atoms with Crippen molar-refractivity contribution in [2.24, 2.45) is 0 Å². The molecule has 1 fully saturated rings. The SMILES string of the molecule is O=C(N[C@@H]1CCN(c2ncccc2F)C[C@H]1O)c1ccccn1. The molecule has 1 amide bonds. The van der Waals surface area contributed by atoms with Crippen molar-refractivity contribution in [2.75, 3.05) is 18.0 Å². The third-order valence-electron chi connectivity index (χ3n) is 3.83. The number of aromatic nitrogens is 2. The predicted molar refractivity (Wildman–Crippen MR) is 82.5 cm³/mol. The number of aliphatic hydroxyl groups excluding tert-OH is 1. The Morgan fingerprint density at radius 3 is 2.78 bits per heavy atom. The highest BCUT2D eigenvalue weighted by atomic mass is 19.1. The number of rotatable bonds is 3. The van der Waals surface area contributed by atoms with Crippen LogP contribution >= 0.6 is 0 Å². The molecule has 23 heavy (non-hydrogen) atoms. The summed E-state index contributed by atoms with van der Waals surface area (Å²) in [5.74, 6) is -0.524. The molecule has 0 radical (unpaired) electrons. The summed E-state index contributed by atoms with van der Waals surface area (Å²) < 4.78 is 13.8. The second-order valence-electron chi connectivity index (χ2n) is 5.41. The number of nitrogens with zero attached hydrogens (tertiary/aromatic N) is 3. The first-order valence-corrected chi connectivity index (χ1v) is 7.40. The molecule has 6 nitrogen and oxygen atoms in total. The number of halogens is 1. The molecule has 0 unspecified atom stereocenters. The lowest BCUT2D eigenvalue weighted by Gasteiger charge is -2.36. The van der Waals surface area contributed by atoms with Crippen LogP contribution in [0.4, 0.5) is 10.2 Å². The van der Waals surface area contributed by atoms with Gasteiger partial charge >= 0.3 is 0 Å². The predicted octanol–water partition coefficient (Wildman–Crippen LogP) is 0.985. The number of hydrogen-bond donors (Lipinski definition) is 2. The van der Waals surface area contributed by atoms with Crippen LogP contribution in [0.1, 0.15) is 16.9 Å². The monoisotopic (exact) mass is 316 g/mol. The first kappa shape index (κ1) is 15.4. The average molecular weight is 316 g/mol. The first-order chi connectivity index (χ1) is 11.1. The topological polar surface area (TPSA) is 78.4 Å². The van der Waals surface area contributed by atoms with Crippen LogP contribution in [0, 0.1) is 5.82 Å². The molecule has 2 N–H and O–H groups in total. The summed E-state index contributed by atoms with van der Waals surface area (Å²) in [5.41, 5.74) is 0.304. The second kappa shape index (κ2) is 6.70. The van der Waals surface area contributed by atoms with Crippen molar-refractivity contribution in [3.8, 4) is 0 Å². The summed E-state index contributed by atoms with van der Waals surface area (Å²) in [5, 5.41) is 13.0. The standard InChI is InChI=1S/C16H17FN4O2/c17-11-4-3-8-19-15(11)21-9-6-12(14(22)10-21)20-16(23)13-5-1-2-7-18-13/h1-5,7-8,12,14,22H,6,9-10H2,(H,20,23)/t12-,14-/m1/s1. The van der Waals surface area contributed by atoms with E-state index in [9.17, 15) is 14.3 Å². The maximum Gasteiger partial charge on any atom is 0.270 e. The molecule has 2 aromatic heterocycles. The fourth-order valence-corrected chi connectivity index (χ4v) is 2.64. The lowest BCUT2D eigenvalue weighted by atomic mass is 10.0. The molecule has 1 aliphatic heterocycles. The molecule has 120 valence electrons. The smallest absolute Gasteiger partial charge is 0.270 e. The fourth-order valence-electron chi connectivity index (χ4n) is 2.64. The zero-order valence-electron chi connectivity index (χ0n) is 12.4.